The van der Waals surface area contributed by atoms with Gasteiger partial charge in [0.25, 0.3) is 0 Å². The number of hydrogen-bond donors (Lipinski definition) is 4. The molecule has 7 heteroatoms. The lowest BCUT2D eigenvalue weighted by Crippen LogP contribution is -2.54. The van der Waals surface area contributed by atoms with Crippen LogP contribution >= 0.6 is 0 Å². The first-order valence-electron chi connectivity index (χ1n) is 9.90. The summed E-state index contributed by atoms with van der Waals surface area (Å²) in [5.74, 6) is -1.18. The molecule has 0 spiro atoms. The highest BCUT2D eigenvalue weighted by Gasteiger charge is 2.29. The molecule has 0 saturated carbocycles. The lowest BCUT2D eigenvalue weighted by atomic mass is 9.96. The van der Waals surface area contributed by atoms with Crippen molar-refractivity contribution < 1.29 is 19.5 Å². The maximum absolute atomic E-state index is 12.8. The minimum Gasteiger partial charge on any atom is -0.389 e. The summed E-state index contributed by atoms with van der Waals surface area (Å²) in [5.41, 5.74) is 6.47. The number of aryl methyl sites for hydroxylation is 1. The van der Waals surface area contributed by atoms with Gasteiger partial charge in [-0.3, -0.25) is 14.4 Å². The molecule has 3 unspecified atom stereocenters. The molecule has 0 aromatic heterocycles. The highest BCUT2D eigenvalue weighted by atomic mass is 16.3. The predicted octanol–water partition coefficient (Wildman–Crippen LogP) is 0.935. The van der Waals surface area contributed by atoms with Gasteiger partial charge in [0.15, 0.2) is 5.78 Å². The van der Waals surface area contributed by atoms with Crippen molar-refractivity contribution >= 4 is 17.6 Å². The second-order valence-corrected chi connectivity index (χ2v) is 7.03. The summed E-state index contributed by atoms with van der Waals surface area (Å²) in [5, 5.41) is 14.8. The fraction of sp³-hybridized carbons (Fsp3) is 0.571. The van der Waals surface area contributed by atoms with E-state index in [4.69, 9.17) is 5.73 Å². The van der Waals surface area contributed by atoms with E-state index >= 15 is 0 Å². The van der Waals surface area contributed by atoms with Gasteiger partial charge in [0.1, 0.15) is 12.6 Å². The van der Waals surface area contributed by atoms with Gasteiger partial charge in [-0.05, 0) is 37.3 Å². The summed E-state index contributed by atoms with van der Waals surface area (Å²) in [4.78, 5) is 37.0. The lowest BCUT2D eigenvalue weighted by molar-refractivity contribution is -0.133. The normalized spacial score (nSPS) is 14.0. The number of amides is 2. The van der Waals surface area contributed by atoms with Gasteiger partial charge < -0.3 is 21.5 Å². The lowest BCUT2D eigenvalue weighted by Gasteiger charge is -2.26. The van der Waals surface area contributed by atoms with Gasteiger partial charge in [0, 0.05) is 6.42 Å². The molecule has 7 nitrogen and oxygen atoms in total. The number of nitrogens with one attached hydrogen (secondary N) is 2. The zero-order chi connectivity index (χ0) is 20.9. The number of aliphatic hydroxyl groups is 1. The van der Waals surface area contributed by atoms with Crippen molar-refractivity contribution in [3.63, 3.8) is 0 Å². The van der Waals surface area contributed by atoms with E-state index in [1.165, 1.54) is 0 Å². The van der Waals surface area contributed by atoms with Crippen LogP contribution in [-0.4, -0.2) is 47.9 Å². The molecule has 5 N–H and O–H groups in total. The maximum atomic E-state index is 12.8. The molecule has 0 bridgehead atoms. The van der Waals surface area contributed by atoms with E-state index in [1.807, 2.05) is 44.2 Å². The van der Waals surface area contributed by atoms with Crippen molar-refractivity contribution in [3.8, 4) is 0 Å². The molecule has 0 aliphatic heterocycles. The molecule has 1 rings (SSSR count). The van der Waals surface area contributed by atoms with Crippen molar-refractivity contribution in [2.24, 2.45) is 11.7 Å². The van der Waals surface area contributed by atoms with Crippen molar-refractivity contribution in [1.82, 2.24) is 10.6 Å². The quantitative estimate of drug-likeness (QED) is 0.399. The Balaban J connectivity index is 2.79. The number of rotatable bonds is 13. The molecule has 0 fully saturated rings. The van der Waals surface area contributed by atoms with Crippen molar-refractivity contribution in [1.29, 1.82) is 0 Å². The molecule has 0 radical (unpaired) electrons. The summed E-state index contributed by atoms with van der Waals surface area (Å²) < 4.78 is 0. The van der Waals surface area contributed by atoms with Crippen LogP contribution in [0, 0.1) is 5.92 Å². The number of ketones is 1. The van der Waals surface area contributed by atoms with Gasteiger partial charge in [-0.1, -0.05) is 50.6 Å². The number of Topliss-reactive ketones (excluding diaryl/α,β-unsaturated/α-hetero) is 1. The van der Waals surface area contributed by atoms with E-state index in [0.29, 0.717) is 32.2 Å². The van der Waals surface area contributed by atoms with Crippen LogP contribution in [0.4, 0.5) is 0 Å². The summed E-state index contributed by atoms with van der Waals surface area (Å²) in [7, 11) is 0. The van der Waals surface area contributed by atoms with E-state index in [2.05, 4.69) is 10.6 Å². The second kappa shape index (κ2) is 13.0. The molecule has 0 saturated heterocycles. The van der Waals surface area contributed by atoms with Crippen LogP contribution in [-0.2, 0) is 20.8 Å². The first kappa shape index (κ1) is 23.8. The van der Waals surface area contributed by atoms with Crippen LogP contribution in [0.2, 0.25) is 0 Å². The average molecular weight is 392 g/mol. The molecule has 0 aliphatic carbocycles. The van der Waals surface area contributed by atoms with Crippen LogP contribution < -0.4 is 16.4 Å². The Morgan fingerprint density at radius 3 is 2.39 bits per heavy atom. The van der Waals surface area contributed by atoms with E-state index in [1.54, 1.807) is 0 Å². The summed E-state index contributed by atoms with van der Waals surface area (Å²) >= 11 is 0. The number of carbonyl (C=O) groups excluding carboxylic acids is 3. The Hall–Kier alpha value is -2.25. The number of aliphatic hydroxyl groups excluding tert-OH is 1. The van der Waals surface area contributed by atoms with Gasteiger partial charge in [-0.25, -0.2) is 0 Å². The van der Waals surface area contributed by atoms with Crippen LogP contribution in [0.15, 0.2) is 30.3 Å². The Morgan fingerprint density at radius 1 is 1.14 bits per heavy atom. The number of benzene rings is 1. The molecule has 3 atom stereocenters. The third-order valence-electron chi connectivity index (χ3n) is 4.85. The molecule has 156 valence electrons. The molecule has 0 heterocycles. The first-order valence-corrected chi connectivity index (χ1v) is 9.90. The van der Waals surface area contributed by atoms with Crippen molar-refractivity contribution in [3.05, 3.63) is 35.9 Å². The van der Waals surface area contributed by atoms with E-state index in [0.717, 1.165) is 5.56 Å². The topological polar surface area (TPSA) is 122 Å². The first-order chi connectivity index (χ1) is 13.4. The highest BCUT2D eigenvalue weighted by molar-refractivity contribution is 5.93. The van der Waals surface area contributed by atoms with Crippen LogP contribution in [0.3, 0.4) is 0 Å². The Morgan fingerprint density at radius 2 is 1.82 bits per heavy atom. The average Bonchev–Trinajstić information content (AvgIpc) is 2.72. The van der Waals surface area contributed by atoms with Crippen LogP contribution in [0.25, 0.3) is 0 Å². The summed E-state index contributed by atoms with van der Waals surface area (Å²) in [6.07, 6.45) is 2.46. The molecular weight excluding hydrogens is 358 g/mol. The molecular formula is C21H33N3O4. The fourth-order valence-corrected chi connectivity index (χ4v) is 2.85. The standard InChI is InChI=1S/C21H33N3O4/c1-3-15(2)20(24-19(27)10-7-13-22)21(28)23-17(18(26)14-25)12-11-16-8-5-4-6-9-16/h4-6,8-9,15,17,20,25H,3,7,10-14,22H2,1-2H3,(H,23,28)(H,24,27). The molecule has 2 amide bonds. The number of hydrogen-bond acceptors (Lipinski definition) is 5. The SMILES string of the molecule is CCC(C)C(NC(=O)CCCN)C(=O)NC(CCc1ccccc1)C(=O)CO. The zero-order valence-electron chi connectivity index (χ0n) is 16.8. The van der Waals surface area contributed by atoms with E-state index < -0.39 is 30.4 Å². The minimum absolute atomic E-state index is 0.0965. The number of carbonyl (C=O) groups is 3. The van der Waals surface area contributed by atoms with Crippen molar-refractivity contribution in [2.45, 2.75) is 58.0 Å². The highest BCUT2D eigenvalue weighted by Crippen LogP contribution is 2.11. The van der Waals surface area contributed by atoms with Gasteiger partial charge >= 0.3 is 0 Å². The minimum atomic E-state index is -0.801. The fourth-order valence-electron chi connectivity index (χ4n) is 2.85. The molecule has 1 aromatic carbocycles. The largest absolute Gasteiger partial charge is 0.389 e. The Labute approximate surface area is 167 Å². The van der Waals surface area contributed by atoms with E-state index in [-0.39, 0.29) is 18.2 Å². The van der Waals surface area contributed by atoms with Crippen LogP contribution in [0.1, 0.15) is 45.1 Å². The monoisotopic (exact) mass is 391 g/mol. The van der Waals surface area contributed by atoms with Gasteiger partial charge in [-0.2, -0.15) is 0 Å². The summed E-state index contributed by atoms with van der Waals surface area (Å²) in [6, 6.07) is 8.08. The third kappa shape index (κ3) is 8.19. The molecule has 1 aromatic rings. The van der Waals surface area contributed by atoms with Gasteiger partial charge in [0.2, 0.25) is 11.8 Å². The van der Waals surface area contributed by atoms with Gasteiger partial charge in [0.05, 0.1) is 6.04 Å². The smallest absolute Gasteiger partial charge is 0.243 e. The summed E-state index contributed by atoms with van der Waals surface area (Å²) in [6.45, 7) is 3.57. The Bertz CT molecular complexity index is 621. The zero-order valence-corrected chi connectivity index (χ0v) is 16.8. The molecule has 0 aliphatic rings. The maximum Gasteiger partial charge on any atom is 0.243 e. The van der Waals surface area contributed by atoms with Crippen molar-refractivity contribution in [2.75, 3.05) is 13.2 Å². The van der Waals surface area contributed by atoms with Gasteiger partial charge in [-0.15, -0.1) is 0 Å². The molecule has 28 heavy (non-hydrogen) atoms. The van der Waals surface area contributed by atoms with Crippen LogP contribution in [0.5, 0.6) is 0 Å². The predicted molar refractivity (Wildman–Crippen MR) is 108 cm³/mol. The third-order valence-corrected chi connectivity index (χ3v) is 4.85. The van der Waals surface area contributed by atoms with E-state index in [9.17, 15) is 19.5 Å². The number of nitrogens with two attached hydrogens (primary N) is 1. The Kier molecular flexibility index (Phi) is 11.1. The second-order valence-electron chi connectivity index (χ2n) is 7.03.